The molecule has 0 radical (unpaired) electrons. The molecule has 108 valence electrons. The molecule has 0 unspecified atom stereocenters. The average Bonchev–Trinajstić information content (AvgIpc) is 3.04. The van der Waals surface area contributed by atoms with E-state index >= 15 is 0 Å². The lowest BCUT2D eigenvalue weighted by atomic mass is 10.3. The zero-order valence-electron chi connectivity index (χ0n) is 11.5. The number of benzene rings is 1. The Hall–Kier alpha value is -0.330. The lowest BCUT2D eigenvalue weighted by Gasteiger charge is -2.16. The first-order valence-corrected chi connectivity index (χ1v) is 8.82. The maximum atomic E-state index is 5.93. The van der Waals surface area contributed by atoms with Crippen molar-refractivity contribution in [2.45, 2.75) is 25.8 Å². The van der Waals surface area contributed by atoms with Gasteiger partial charge in [-0.25, -0.2) is 4.98 Å². The summed E-state index contributed by atoms with van der Waals surface area (Å²) in [5.74, 6) is 1.75. The van der Waals surface area contributed by atoms with E-state index in [0.29, 0.717) is 5.88 Å². The van der Waals surface area contributed by atoms with Gasteiger partial charge in [0, 0.05) is 29.0 Å². The van der Waals surface area contributed by atoms with Crippen LogP contribution in [0.1, 0.15) is 18.7 Å². The van der Waals surface area contributed by atoms with Gasteiger partial charge in [-0.2, -0.15) is 0 Å². The van der Waals surface area contributed by atoms with Crippen molar-refractivity contribution in [3.8, 4) is 0 Å². The van der Waals surface area contributed by atoms with Gasteiger partial charge in [-0.3, -0.25) is 0 Å². The topological polar surface area (TPSA) is 21.1 Å². The molecule has 5 heteroatoms. The van der Waals surface area contributed by atoms with Crippen LogP contribution >= 0.6 is 34.2 Å². The van der Waals surface area contributed by atoms with Gasteiger partial charge in [-0.1, -0.05) is 0 Å². The molecule has 1 aromatic carbocycles. The maximum Gasteiger partial charge on any atom is 0.111 e. The fraction of sp³-hybridized carbons (Fsp3) is 0.533. The summed E-state index contributed by atoms with van der Waals surface area (Å²) in [5.41, 5.74) is 2.34. The SMILES string of the molecule is ClCCc1nc2cc(I)ccc2n1CCN1CCCC1. The fourth-order valence-electron chi connectivity index (χ4n) is 2.93. The molecule has 1 saturated heterocycles. The van der Waals surface area contributed by atoms with Crippen molar-refractivity contribution < 1.29 is 0 Å². The highest BCUT2D eigenvalue weighted by molar-refractivity contribution is 14.1. The Kier molecular flexibility index (Phi) is 4.83. The van der Waals surface area contributed by atoms with E-state index in [4.69, 9.17) is 16.6 Å². The summed E-state index contributed by atoms with van der Waals surface area (Å²) in [7, 11) is 0. The highest BCUT2D eigenvalue weighted by Crippen LogP contribution is 2.20. The molecule has 0 aliphatic carbocycles. The van der Waals surface area contributed by atoms with Crippen molar-refractivity contribution >= 4 is 45.2 Å². The molecule has 1 fully saturated rings. The normalized spacial score (nSPS) is 16.3. The number of aryl methyl sites for hydroxylation is 1. The predicted octanol–water partition coefficient (Wildman–Crippen LogP) is 3.52. The second kappa shape index (κ2) is 6.62. The Morgan fingerprint density at radius 2 is 2.00 bits per heavy atom. The smallest absolute Gasteiger partial charge is 0.111 e. The van der Waals surface area contributed by atoms with Gasteiger partial charge in [-0.15, -0.1) is 11.6 Å². The molecule has 3 nitrogen and oxygen atoms in total. The Morgan fingerprint density at radius 3 is 2.75 bits per heavy atom. The summed E-state index contributed by atoms with van der Waals surface area (Å²) in [4.78, 5) is 7.31. The molecule has 1 aliphatic rings. The molecule has 2 heterocycles. The van der Waals surface area contributed by atoms with Gasteiger partial charge >= 0.3 is 0 Å². The van der Waals surface area contributed by atoms with E-state index in [1.807, 2.05) is 0 Å². The van der Waals surface area contributed by atoms with E-state index in [1.165, 1.54) is 35.0 Å². The number of halogens is 2. The van der Waals surface area contributed by atoms with Gasteiger partial charge in [0.25, 0.3) is 0 Å². The number of rotatable bonds is 5. The van der Waals surface area contributed by atoms with E-state index in [1.54, 1.807) is 0 Å². The monoisotopic (exact) mass is 403 g/mol. The number of imidazole rings is 1. The maximum absolute atomic E-state index is 5.93. The Balaban J connectivity index is 1.87. The zero-order valence-corrected chi connectivity index (χ0v) is 14.4. The lowest BCUT2D eigenvalue weighted by Crippen LogP contribution is -2.24. The summed E-state index contributed by atoms with van der Waals surface area (Å²) in [6, 6.07) is 6.49. The molecule has 0 spiro atoms. The largest absolute Gasteiger partial charge is 0.327 e. The zero-order chi connectivity index (χ0) is 13.9. The van der Waals surface area contributed by atoms with Crippen LogP contribution in [0.4, 0.5) is 0 Å². The van der Waals surface area contributed by atoms with Gasteiger partial charge in [0.05, 0.1) is 11.0 Å². The predicted molar refractivity (Wildman–Crippen MR) is 92.5 cm³/mol. The van der Waals surface area contributed by atoms with Crippen molar-refractivity contribution in [1.82, 2.24) is 14.5 Å². The molecule has 0 N–H and O–H groups in total. The molecule has 0 bridgehead atoms. The standard InChI is InChI=1S/C15H19ClIN3/c16-6-5-15-18-13-11-12(17)3-4-14(13)20(15)10-9-19-7-1-2-8-19/h3-4,11H,1-2,5-10H2. The quantitative estimate of drug-likeness (QED) is 0.563. The van der Waals surface area contributed by atoms with Crippen LogP contribution in [0.2, 0.25) is 0 Å². The minimum atomic E-state index is 0.629. The minimum Gasteiger partial charge on any atom is -0.327 e. The third-order valence-electron chi connectivity index (χ3n) is 3.95. The van der Waals surface area contributed by atoms with E-state index in [2.05, 4.69) is 50.3 Å². The highest BCUT2D eigenvalue weighted by atomic mass is 127. The summed E-state index contributed by atoms with van der Waals surface area (Å²) in [5, 5.41) is 0. The molecule has 1 aliphatic heterocycles. The highest BCUT2D eigenvalue weighted by Gasteiger charge is 2.14. The van der Waals surface area contributed by atoms with E-state index in [9.17, 15) is 0 Å². The third kappa shape index (κ3) is 3.12. The molecule has 3 rings (SSSR count). The molecular formula is C15H19ClIN3. The fourth-order valence-corrected chi connectivity index (χ4v) is 3.57. The van der Waals surface area contributed by atoms with E-state index < -0.39 is 0 Å². The lowest BCUT2D eigenvalue weighted by molar-refractivity contribution is 0.322. The summed E-state index contributed by atoms with van der Waals surface area (Å²) >= 11 is 8.27. The number of aromatic nitrogens is 2. The minimum absolute atomic E-state index is 0.629. The molecule has 0 saturated carbocycles. The molecule has 1 aromatic heterocycles. The molecule has 2 aromatic rings. The van der Waals surface area contributed by atoms with Crippen LogP contribution in [-0.4, -0.2) is 40.0 Å². The van der Waals surface area contributed by atoms with Crippen LogP contribution in [0.25, 0.3) is 11.0 Å². The number of hydrogen-bond donors (Lipinski definition) is 0. The number of alkyl halides is 1. The molecular weight excluding hydrogens is 385 g/mol. The molecule has 0 amide bonds. The van der Waals surface area contributed by atoms with Crippen molar-refractivity contribution in [2.75, 3.05) is 25.5 Å². The first-order valence-electron chi connectivity index (χ1n) is 7.21. The van der Waals surface area contributed by atoms with Crippen LogP contribution in [0.3, 0.4) is 0 Å². The first kappa shape index (κ1) is 14.6. The number of likely N-dealkylation sites (tertiary alicyclic amines) is 1. The summed E-state index contributed by atoms with van der Waals surface area (Å²) < 4.78 is 3.59. The second-order valence-corrected chi connectivity index (χ2v) is 6.92. The van der Waals surface area contributed by atoms with Crippen molar-refractivity contribution in [1.29, 1.82) is 0 Å². The van der Waals surface area contributed by atoms with Crippen LogP contribution in [-0.2, 0) is 13.0 Å². The Labute approximate surface area is 138 Å². The number of hydrogen-bond acceptors (Lipinski definition) is 2. The van der Waals surface area contributed by atoms with Gasteiger partial charge in [0.2, 0.25) is 0 Å². The van der Waals surface area contributed by atoms with Gasteiger partial charge in [0.15, 0.2) is 0 Å². The Bertz CT molecular complexity index is 590. The van der Waals surface area contributed by atoms with Crippen molar-refractivity contribution in [2.24, 2.45) is 0 Å². The van der Waals surface area contributed by atoms with Crippen molar-refractivity contribution in [3.63, 3.8) is 0 Å². The van der Waals surface area contributed by atoms with Gasteiger partial charge < -0.3 is 9.47 Å². The van der Waals surface area contributed by atoms with Crippen LogP contribution in [0.15, 0.2) is 18.2 Å². The Morgan fingerprint density at radius 1 is 1.20 bits per heavy atom. The summed E-state index contributed by atoms with van der Waals surface area (Å²) in [6.45, 7) is 4.63. The molecule has 20 heavy (non-hydrogen) atoms. The second-order valence-electron chi connectivity index (χ2n) is 5.30. The van der Waals surface area contributed by atoms with Crippen molar-refractivity contribution in [3.05, 3.63) is 27.6 Å². The van der Waals surface area contributed by atoms with Crippen LogP contribution in [0.5, 0.6) is 0 Å². The first-order chi connectivity index (χ1) is 9.78. The summed E-state index contributed by atoms with van der Waals surface area (Å²) in [6.07, 6.45) is 3.53. The van der Waals surface area contributed by atoms with Crippen LogP contribution in [0, 0.1) is 3.57 Å². The van der Waals surface area contributed by atoms with Gasteiger partial charge in [0.1, 0.15) is 5.82 Å². The third-order valence-corrected chi connectivity index (χ3v) is 4.81. The van der Waals surface area contributed by atoms with Gasteiger partial charge in [-0.05, 0) is 66.7 Å². The average molecular weight is 404 g/mol. The van der Waals surface area contributed by atoms with E-state index in [0.717, 1.165) is 30.9 Å². The number of nitrogens with zero attached hydrogens (tertiary/aromatic N) is 3. The number of fused-ring (bicyclic) bond motifs is 1. The molecule has 0 atom stereocenters. The van der Waals surface area contributed by atoms with Crippen LogP contribution < -0.4 is 0 Å². The van der Waals surface area contributed by atoms with E-state index in [-0.39, 0.29) is 0 Å².